The van der Waals surface area contributed by atoms with Crippen molar-refractivity contribution in [3.05, 3.63) is 30.5 Å². The second-order valence-corrected chi connectivity index (χ2v) is 2.42. The summed E-state index contributed by atoms with van der Waals surface area (Å²) in [4.78, 5) is 8.17. The smallest absolute Gasteiger partial charge is 0.522 e. The summed E-state index contributed by atoms with van der Waals surface area (Å²) in [6.45, 7) is 0. The van der Waals surface area contributed by atoms with Gasteiger partial charge in [-0.15, -0.1) is 0 Å². The van der Waals surface area contributed by atoms with E-state index in [0.29, 0.717) is 7.69 Å². The van der Waals surface area contributed by atoms with Gasteiger partial charge in [0.15, 0.2) is 0 Å². The summed E-state index contributed by atoms with van der Waals surface area (Å²) in [5.74, 6) is 0.279. The molecule has 63 valence electrons. The molecule has 1 aromatic heterocycles. The maximum absolute atomic E-state index is 8.38. The summed E-state index contributed by atoms with van der Waals surface area (Å²) in [6.07, 6.45) is 1.45. The Morgan fingerprint density at radius 3 is 2.77 bits per heavy atom. The lowest BCUT2D eigenvalue weighted by Gasteiger charge is -2.00. The van der Waals surface area contributed by atoms with Crippen LogP contribution in [0.15, 0.2) is 30.5 Å². The number of hydrogen-bond acceptors (Lipinski definition) is 4. The Kier molecular flexibility index (Phi) is 2.10. The van der Waals surface area contributed by atoms with Crippen molar-refractivity contribution >= 4 is 18.7 Å². The Morgan fingerprint density at radius 1 is 1.23 bits per heavy atom. The quantitative estimate of drug-likeness (QED) is 0.673. The van der Waals surface area contributed by atoms with Crippen molar-refractivity contribution in [2.24, 2.45) is 0 Å². The molecule has 0 aliphatic heterocycles. The number of para-hydroxylation sites is 2. The number of aromatic nitrogens is 2. The first-order chi connectivity index (χ1) is 6.40. The molecule has 1 aromatic carbocycles. The first-order valence-corrected chi connectivity index (χ1v) is 3.74. The molecule has 0 atom stereocenters. The van der Waals surface area contributed by atoms with Crippen molar-refractivity contribution in [3.8, 4) is 5.88 Å². The van der Waals surface area contributed by atoms with E-state index < -0.39 is 0 Å². The zero-order chi connectivity index (χ0) is 9.10. The molecule has 1 N–H and O–H groups in total. The molecule has 0 amide bonds. The van der Waals surface area contributed by atoms with Gasteiger partial charge in [-0.05, 0) is 12.1 Å². The molecule has 0 spiro atoms. The molecule has 0 aliphatic carbocycles. The number of benzene rings is 1. The van der Waals surface area contributed by atoms with Crippen LogP contribution >= 0.6 is 0 Å². The van der Waals surface area contributed by atoms with Crippen molar-refractivity contribution in [1.29, 1.82) is 0 Å². The zero-order valence-electron chi connectivity index (χ0n) is 6.71. The molecule has 0 fully saturated rings. The second kappa shape index (κ2) is 3.41. The third kappa shape index (κ3) is 1.60. The Balaban J connectivity index is 2.49. The van der Waals surface area contributed by atoms with Gasteiger partial charge in [0.05, 0.1) is 17.2 Å². The van der Waals surface area contributed by atoms with Crippen LogP contribution in [0.4, 0.5) is 0 Å². The first kappa shape index (κ1) is 8.00. The molecule has 2 aromatic rings. The summed E-state index contributed by atoms with van der Waals surface area (Å²) in [5.41, 5.74) is 1.54. The Morgan fingerprint density at radius 2 is 2.00 bits per heavy atom. The monoisotopic (exact) mass is 173 g/mol. The van der Waals surface area contributed by atoms with Gasteiger partial charge >= 0.3 is 7.69 Å². The highest BCUT2D eigenvalue weighted by Gasteiger charge is 1.99. The van der Waals surface area contributed by atoms with Gasteiger partial charge in [-0.1, -0.05) is 12.1 Å². The highest BCUT2D eigenvalue weighted by Crippen LogP contribution is 2.11. The Hall–Kier alpha value is -1.62. The molecule has 0 bridgehead atoms. The Bertz CT molecular complexity index is 422. The highest BCUT2D eigenvalue weighted by atomic mass is 16.5. The molecular formula is C8H6BN2O2. The molecule has 1 radical (unpaired) electrons. The molecule has 5 heteroatoms. The normalized spacial score (nSPS) is 9.92. The van der Waals surface area contributed by atoms with Crippen molar-refractivity contribution in [2.45, 2.75) is 0 Å². The van der Waals surface area contributed by atoms with E-state index in [4.69, 9.17) is 5.02 Å². The molecule has 2 rings (SSSR count). The molecule has 0 saturated heterocycles. The molecule has 0 saturated carbocycles. The van der Waals surface area contributed by atoms with Gasteiger partial charge in [0.25, 0.3) is 0 Å². The van der Waals surface area contributed by atoms with Gasteiger partial charge < -0.3 is 9.68 Å². The number of rotatable bonds is 2. The van der Waals surface area contributed by atoms with E-state index in [2.05, 4.69) is 14.6 Å². The van der Waals surface area contributed by atoms with E-state index in [1.165, 1.54) is 6.20 Å². The summed E-state index contributed by atoms with van der Waals surface area (Å²) < 4.78 is 4.67. The summed E-state index contributed by atoms with van der Waals surface area (Å²) in [6, 6.07) is 7.43. The third-order valence-electron chi connectivity index (χ3n) is 1.60. The topological polar surface area (TPSA) is 55.2 Å². The number of fused-ring (bicyclic) bond motifs is 1. The largest absolute Gasteiger partial charge is 0.570 e. The van der Waals surface area contributed by atoms with Gasteiger partial charge in [-0.3, -0.25) is 0 Å². The van der Waals surface area contributed by atoms with Gasteiger partial charge in [0.2, 0.25) is 5.88 Å². The fourth-order valence-electron chi connectivity index (χ4n) is 1.05. The van der Waals surface area contributed by atoms with E-state index in [0.717, 1.165) is 11.0 Å². The average molecular weight is 173 g/mol. The van der Waals surface area contributed by atoms with Crippen molar-refractivity contribution in [3.63, 3.8) is 0 Å². The molecule has 0 unspecified atom stereocenters. The summed E-state index contributed by atoms with van der Waals surface area (Å²) in [7, 11) is 0.582. The predicted molar refractivity (Wildman–Crippen MR) is 48.1 cm³/mol. The van der Waals surface area contributed by atoms with E-state index in [-0.39, 0.29) is 5.88 Å². The molecule has 13 heavy (non-hydrogen) atoms. The van der Waals surface area contributed by atoms with Crippen molar-refractivity contribution < 1.29 is 9.68 Å². The standard InChI is InChI=1S/C8H6BN2O2/c12-9-13-8-5-10-6-3-1-2-4-7(6)11-8/h1-5,12H. The van der Waals surface area contributed by atoms with Crippen LogP contribution < -0.4 is 4.65 Å². The van der Waals surface area contributed by atoms with E-state index in [9.17, 15) is 0 Å². The van der Waals surface area contributed by atoms with E-state index in [1.807, 2.05) is 24.3 Å². The van der Waals surface area contributed by atoms with Gasteiger partial charge in [0, 0.05) is 0 Å². The van der Waals surface area contributed by atoms with Crippen LogP contribution in [0.2, 0.25) is 0 Å². The van der Waals surface area contributed by atoms with Crippen LogP contribution in [0.5, 0.6) is 5.88 Å². The fraction of sp³-hybridized carbons (Fsp3) is 0. The van der Waals surface area contributed by atoms with Crippen molar-refractivity contribution in [1.82, 2.24) is 9.97 Å². The molecule has 0 aliphatic rings. The maximum Gasteiger partial charge on any atom is 0.570 e. The average Bonchev–Trinajstić information content (AvgIpc) is 2.18. The fourth-order valence-corrected chi connectivity index (χ4v) is 1.05. The third-order valence-corrected chi connectivity index (χ3v) is 1.60. The number of nitrogens with zero attached hydrogens (tertiary/aromatic N) is 2. The van der Waals surface area contributed by atoms with E-state index >= 15 is 0 Å². The lowest BCUT2D eigenvalue weighted by atomic mass is 10.3. The van der Waals surface area contributed by atoms with Gasteiger partial charge in [0.1, 0.15) is 0 Å². The Labute approximate surface area is 75.5 Å². The van der Waals surface area contributed by atoms with Crippen LogP contribution in [0.3, 0.4) is 0 Å². The van der Waals surface area contributed by atoms with Crippen molar-refractivity contribution in [2.75, 3.05) is 0 Å². The SMILES string of the molecule is O[B]Oc1cnc2ccccc2n1. The van der Waals surface area contributed by atoms with Crippen LogP contribution in [0.25, 0.3) is 11.0 Å². The zero-order valence-corrected chi connectivity index (χ0v) is 6.71. The minimum Gasteiger partial charge on any atom is -0.522 e. The van der Waals surface area contributed by atoms with Gasteiger partial charge in [-0.25, -0.2) is 9.97 Å². The van der Waals surface area contributed by atoms with Gasteiger partial charge in [-0.2, -0.15) is 0 Å². The van der Waals surface area contributed by atoms with Crippen LogP contribution in [-0.2, 0) is 0 Å². The first-order valence-electron chi connectivity index (χ1n) is 3.74. The van der Waals surface area contributed by atoms with Crippen LogP contribution in [-0.4, -0.2) is 22.7 Å². The minimum absolute atomic E-state index is 0.279. The minimum atomic E-state index is 0.279. The molecular weight excluding hydrogens is 167 g/mol. The predicted octanol–water partition coefficient (Wildman–Crippen LogP) is 0.535. The van der Waals surface area contributed by atoms with E-state index in [1.54, 1.807) is 0 Å². The number of hydrogen-bond donors (Lipinski definition) is 1. The summed E-state index contributed by atoms with van der Waals surface area (Å²) >= 11 is 0. The highest BCUT2D eigenvalue weighted by molar-refractivity contribution is 6.17. The molecule has 4 nitrogen and oxygen atoms in total. The lowest BCUT2D eigenvalue weighted by Crippen LogP contribution is -2.02. The maximum atomic E-state index is 8.38. The summed E-state index contributed by atoms with van der Waals surface area (Å²) in [5, 5.41) is 8.38. The molecule has 1 heterocycles. The van der Waals surface area contributed by atoms with Crippen LogP contribution in [0.1, 0.15) is 0 Å². The second-order valence-electron chi connectivity index (χ2n) is 2.42. The lowest BCUT2D eigenvalue weighted by molar-refractivity contribution is 0.443. The van der Waals surface area contributed by atoms with Crippen LogP contribution in [0, 0.1) is 0 Å².